The molecule has 0 aromatic carbocycles. The fourth-order valence-corrected chi connectivity index (χ4v) is 5.38. The molecule has 3 fully saturated rings. The smallest absolute Gasteiger partial charge is 0.410 e. The summed E-state index contributed by atoms with van der Waals surface area (Å²) in [5.74, 6) is 0.852. The van der Waals surface area contributed by atoms with E-state index in [1.165, 1.54) is 7.11 Å². The molecular weight excluding hydrogens is 414 g/mol. The number of fused-ring (bicyclic) bond motifs is 1. The molecule has 2 aliphatic heterocycles. The Morgan fingerprint density at radius 2 is 1.78 bits per heavy atom. The number of rotatable bonds is 4. The van der Waals surface area contributed by atoms with E-state index in [9.17, 15) is 14.4 Å². The standard InChI is InChI=1S/C22H39N5O5/c1-14(2)32-21(29)26-11-15(3)27(22(30)31-6)18-8-7-16(9-19(18)26)17-10-23-25(12-17)13-20(28)24(4)5/h14-19,23H,7-13H2,1-6H3/t15-,16?,17?,18?,19?/m0/s1. The van der Waals surface area contributed by atoms with Crippen LogP contribution in [0, 0.1) is 11.8 Å². The van der Waals surface area contributed by atoms with Crippen LogP contribution in [-0.4, -0.2) is 109 Å². The molecule has 2 saturated heterocycles. The van der Waals surface area contributed by atoms with Crippen molar-refractivity contribution in [2.45, 2.75) is 64.3 Å². The van der Waals surface area contributed by atoms with Gasteiger partial charge >= 0.3 is 12.2 Å². The number of likely N-dealkylation sites (N-methyl/N-ethyl adjacent to an activating group) is 1. The molecule has 0 bridgehead atoms. The first kappa shape index (κ1) is 24.6. The van der Waals surface area contributed by atoms with Crippen LogP contribution in [0.25, 0.3) is 0 Å². The van der Waals surface area contributed by atoms with Gasteiger partial charge in [-0.1, -0.05) is 0 Å². The molecule has 3 aliphatic rings. The summed E-state index contributed by atoms with van der Waals surface area (Å²) in [6.45, 7) is 8.05. The molecule has 10 heteroatoms. The number of amides is 3. The van der Waals surface area contributed by atoms with Gasteiger partial charge in [0.1, 0.15) is 0 Å². The maximum absolute atomic E-state index is 12.9. The number of hydrogen-bond donors (Lipinski definition) is 1. The third-order valence-corrected chi connectivity index (χ3v) is 7.00. The van der Waals surface area contributed by atoms with Gasteiger partial charge in [-0.2, -0.15) is 0 Å². The molecule has 0 aromatic rings. The monoisotopic (exact) mass is 453 g/mol. The summed E-state index contributed by atoms with van der Waals surface area (Å²) in [4.78, 5) is 42.8. The number of carbonyl (C=O) groups excluding carboxylic acids is 3. The van der Waals surface area contributed by atoms with E-state index in [-0.39, 0.29) is 42.3 Å². The molecule has 1 N–H and O–H groups in total. The molecule has 4 unspecified atom stereocenters. The van der Waals surface area contributed by atoms with Crippen LogP contribution in [0.4, 0.5) is 9.59 Å². The Labute approximate surface area is 191 Å². The largest absolute Gasteiger partial charge is 0.453 e. The van der Waals surface area contributed by atoms with E-state index >= 15 is 0 Å². The lowest BCUT2D eigenvalue weighted by Gasteiger charge is -2.53. The third kappa shape index (κ3) is 5.28. The zero-order valence-corrected chi connectivity index (χ0v) is 20.2. The van der Waals surface area contributed by atoms with Crippen molar-refractivity contribution in [1.29, 1.82) is 0 Å². The van der Waals surface area contributed by atoms with E-state index in [1.807, 2.05) is 35.6 Å². The molecule has 10 nitrogen and oxygen atoms in total. The van der Waals surface area contributed by atoms with Crippen molar-refractivity contribution in [2.24, 2.45) is 11.8 Å². The van der Waals surface area contributed by atoms with Gasteiger partial charge in [0.15, 0.2) is 0 Å². The topological polar surface area (TPSA) is 94.7 Å². The van der Waals surface area contributed by atoms with Crippen LogP contribution in [0.15, 0.2) is 0 Å². The number of methoxy groups -OCH3 is 1. The van der Waals surface area contributed by atoms with Crippen LogP contribution in [0.2, 0.25) is 0 Å². The minimum absolute atomic E-state index is 0.0689. The first-order valence-corrected chi connectivity index (χ1v) is 11.6. The Morgan fingerprint density at radius 1 is 1.06 bits per heavy atom. The van der Waals surface area contributed by atoms with Crippen molar-refractivity contribution in [3.05, 3.63) is 0 Å². The molecule has 32 heavy (non-hydrogen) atoms. The van der Waals surface area contributed by atoms with Crippen molar-refractivity contribution in [3.63, 3.8) is 0 Å². The van der Waals surface area contributed by atoms with Crippen LogP contribution in [-0.2, 0) is 14.3 Å². The number of ether oxygens (including phenoxy) is 2. The highest BCUT2D eigenvalue weighted by Gasteiger charge is 2.49. The lowest BCUT2D eigenvalue weighted by Crippen LogP contribution is -2.67. The van der Waals surface area contributed by atoms with Gasteiger partial charge in [0.05, 0.1) is 37.9 Å². The second-order valence-electron chi connectivity index (χ2n) is 9.81. The van der Waals surface area contributed by atoms with Gasteiger partial charge in [-0.25, -0.2) is 14.6 Å². The summed E-state index contributed by atoms with van der Waals surface area (Å²) in [6, 6.07) is -0.323. The maximum atomic E-state index is 12.9. The first-order valence-electron chi connectivity index (χ1n) is 11.6. The van der Waals surface area contributed by atoms with Crippen molar-refractivity contribution in [1.82, 2.24) is 25.1 Å². The molecule has 3 amide bonds. The summed E-state index contributed by atoms with van der Waals surface area (Å²) in [7, 11) is 4.93. The van der Waals surface area contributed by atoms with Gasteiger partial charge in [0.2, 0.25) is 5.91 Å². The van der Waals surface area contributed by atoms with Crippen molar-refractivity contribution in [3.8, 4) is 0 Å². The number of piperazine rings is 1. The normalized spacial score (nSPS) is 30.8. The van der Waals surface area contributed by atoms with E-state index in [2.05, 4.69) is 5.43 Å². The van der Waals surface area contributed by atoms with Gasteiger partial charge in [0, 0.05) is 33.7 Å². The number of hydrogen-bond acceptors (Lipinski definition) is 7. The van der Waals surface area contributed by atoms with Crippen LogP contribution in [0.1, 0.15) is 40.0 Å². The van der Waals surface area contributed by atoms with E-state index < -0.39 is 0 Å². The lowest BCUT2D eigenvalue weighted by atomic mass is 9.73. The molecule has 1 aliphatic carbocycles. The predicted molar refractivity (Wildman–Crippen MR) is 119 cm³/mol. The second-order valence-corrected chi connectivity index (χ2v) is 9.81. The highest BCUT2D eigenvalue weighted by atomic mass is 16.6. The number of carbonyl (C=O) groups is 3. The number of nitrogens with zero attached hydrogens (tertiary/aromatic N) is 4. The molecule has 0 radical (unpaired) electrons. The van der Waals surface area contributed by atoms with Crippen LogP contribution < -0.4 is 5.43 Å². The van der Waals surface area contributed by atoms with E-state index in [4.69, 9.17) is 9.47 Å². The average molecular weight is 454 g/mol. The Hall–Kier alpha value is -2.07. The fraction of sp³-hybridized carbons (Fsp3) is 0.864. The van der Waals surface area contributed by atoms with Crippen LogP contribution in [0.3, 0.4) is 0 Å². The minimum atomic E-state index is -0.335. The third-order valence-electron chi connectivity index (χ3n) is 7.00. The summed E-state index contributed by atoms with van der Waals surface area (Å²) >= 11 is 0. The molecule has 2 heterocycles. The molecular formula is C22H39N5O5. The minimum Gasteiger partial charge on any atom is -0.453 e. The summed E-state index contributed by atoms with van der Waals surface area (Å²) in [5.41, 5.74) is 3.36. The molecule has 182 valence electrons. The van der Waals surface area contributed by atoms with Crippen molar-refractivity contribution in [2.75, 3.05) is 47.4 Å². The number of nitrogens with one attached hydrogen (secondary N) is 1. The quantitative estimate of drug-likeness (QED) is 0.687. The Bertz CT molecular complexity index is 702. The Balaban J connectivity index is 1.73. The molecule has 1 saturated carbocycles. The number of hydrazine groups is 1. The van der Waals surface area contributed by atoms with Gasteiger partial charge in [-0.05, 0) is 51.9 Å². The maximum Gasteiger partial charge on any atom is 0.410 e. The highest BCUT2D eigenvalue weighted by molar-refractivity contribution is 5.77. The first-order chi connectivity index (χ1) is 15.1. The van der Waals surface area contributed by atoms with Crippen LogP contribution in [0.5, 0.6) is 0 Å². The van der Waals surface area contributed by atoms with E-state index in [0.29, 0.717) is 24.9 Å². The summed E-state index contributed by atoms with van der Waals surface area (Å²) < 4.78 is 10.6. The Kier molecular flexibility index (Phi) is 7.87. The Morgan fingerprint density at radius 3 is 2.41 bits per heavy atom. The van der Waals surface area contributed by atoms with E-state index in [1.54, 1.807) is 19.0 Å². The van der Waals surface area contributed by atoms with Gasteiger partial charge in [-0.3, -0.25) is 15.1 Å². The van der Waals surface area contributed by atoms with Gasteiger partial charge in [-0.15, -0.1) is 0 Å². The average Bonchev–Trinajstić information content (AvgIpc) is 3.20. The molecule has 0 spiro atoms. The lowest BCUT2D eigenvalue weighted by molar-refractivity contribution is -0.130. The fourth-order valence-electron chi connectivity index (χ4n) is 5.38. The van der Waals surface area contributed by atoms with Gasteiger partial charge < -0.3 is 19.3 Å². The SMILES string of the molecule is COC(=O)N1C2CCC(C3CNN(CC(=O)N(C)C)C3)CC2N(C(=O)OC(C)C)C[C@@H]1C. The van der Waals surface area contributed by atoms with E-state index in [0.717, 1.165) is 32.4 Å². The molecule has 3 rings (SSSR count). The molecule has 5 atom stereocenters. The highest BCUT2D eigenvalue weighted by Crippen LogP contribution is 2.40. The summed E-state index contributed by atoms with van der Waals surface area (Å²) in [5, 5.41) is 1.99. The van der Waals surface area contributed by atoms with Gasteiger partial charge in [0.25, 0.3) is 0 Å². The summed E-state index contributed by atoms with van der Waals surface area (Å²) in [6.07, 6.45) is 1.74. The molecule has 0 aromatic heterocycles. The zero-order valence-electron chi connectivity index (χ0n) is 20.2. The zero-order chi connectivity index (χ0) is 23.6. The second kappa shape index (κ2) is 10.2. The predicted octanol–water partition coefficient (Wildman–Crippen LogP) is 1.37. The van der Waals surface area contributed by atoms with Crippen molar-refractivity contribution < 1.29 is 23.9 Å². The van der Waals surface area contributed by atoms with Crippen molar-refractivity contribution >= 4 is 18.1 Å². The van der Waals surface area contributed by atoms with Crippen LogP contribution >= 0.6 is 0 Å².